The molecular weight excluding hydrogens is 323 g/mol. The van der Waals surface area contributed by atoms with Crippen LogP contribution in [0, 0.1) is 6.92 Å². The van der Waals surface area contributed by atoms with Crippen molar-refractivity contribution in [3.05, 3.63) is 58.5 Å². The third-order valence-corrected chi connectivity index (χ3v) is 3.24. The topological polar surface area (TPSA) is 66.9 Å². The van der Waals surface area contributed by atoms with Gasteiger partial charge in [0, 0.05) is 17.6 Å². The molecule has 0 aliphatic carbocycles. The molecule has 5 nitrogen and oxygen atoms in total. The number of aryl methyl sites for hydroxylation is 1. The summed E-state index contributed by atoms with van der Waals surface area (Å²) in [4.78, 5) is 20.6. The predicted molar refractivity (Wildman–Crippen MR) is 89.9 cm³/mol. The molecule has 0 saturated heterocycles. The zero-order chi connectivity index (χ0) is 16.1. The molecule has 0 spiro atoms. The number of halogens is 2. The fraction of sp³-hybridized carbons (Fsp3) is 0.133. The fourth-order valence-electron chi connectivity index (χ4n) is 1.73. The van der Waals surface area contributed by atoms with Crippen molar-refractivity contribution >= 4 is 40.6 Å². The number of anilines is 2. The van der Waals surface area contributed by atoms with Crippen LogP contribution in [0.2, 0.25) is 10.0 Å². The van der Waals surface area contributed by atoms with Crippen LogP contribution < -0.4 is 10.6 Å². The van der Waals surface area contributed by atoms with Crippen LogP contribution in [0.4, 0.5) is 11.5 Å². The van der Waals surface area contributed by atoms with Crippen molar-refractivity contribution in [1.29, 1.82) is 0 Å². The van der Waals surface area contributed by atoms with Gasteiger partial charge in [-0.15, -0.1) is 6.58 Å². The molecule has 1 amide bonds. The Morgan fingerprint density at radius 1 is 1.32 bits per heavy atom. The minimum atomic E-state index is -0.392. The zero-order valence-corrected chi connectivity index (χ0v) is 13.4. The van der Waals surface area contributed by atoms with Gasteiger partial charge in [0.1, 0.15) is 17.3 Å². The molecule has 2 aromatic rings. The Hall–Kier alpha value is -2.11. The van der Waals surface area contributed by atoms with E-state index in [0.717, 1.165) is 0 Å². The molecule has 1 heterocycles. The summed E-state index contributed by atoms with van der Waals surface area (Å²) in [6, 6.07) is 6.39. The molecule has 0 aliphatic rings. The lowest BCUT2D eigenvalue weighted by atomic mass is 10.3. The number of hydrogen-bond donors (Lipinski definition) is 2. The molecule has 7 heteroatoms. The summed E-state index contributed by atoms with van der Waals surface area (Å²) in [6.45, 7) is 5.87. The predicted octanol–water partition coefficient (Wildman–Crippen LogP) is 3.94. The van der Waals surface area contributed by atoms with E-state index in [9.17, 15) is 4.79 Å². The standard InChI is InChI=1S/C15H14Cl2N4O/c1-3-6-18-14-8-13(19-9(2)20-14)15(22)21-12-7-10(16)4-5-11(12)17/h3-5,7-8H,1,6H2,2H3,(H,21,22)(H,18,19,20). The van der Waals surface area contributed by atoms with E-state index < -0.39 is 5.91 Å². The molecule has 2 N–H and O–H groups in total. The Kier molecular flexibility index (Phi) is 5.35. The Labute approximate surface area is 138 Å². The van der Waals surface area contributed by atoms with Gasteiger partial charge < -0.3 is 10.6 Å². The van der Waals surface area contributed by atoms with Crippen molar-refractivity contribution in [3.63, 3.8) is 0 Å². The summed E-state index contributed by atoms with van der Waals surface area (Å²) in [7, 11) is 0. The number of carbonyl (C=O) groups excluding carboxylic acids is 1. The number of aromatic nitrogens is 2. The van der Waals surface area contributed by atoms with Crippen LogP contribution in [0.25, 0.3) is 0 Å². The van der Waals surface area contributed by atoms with Crippen LogP contribution in [0.5, 0.6) is 0 Å². The van der Waals surface area contributed by atoms with E-state index >= 15 is 0 Å². The summed E-state index contributed by atoms with van der Waals surface area (Å²) < 4.78 is 0. The maximum Gasteiger partial charge on any atom is 0.274 e. The number of amides is 1. The lowest BCUT2D eigenvalue weighted by Crippen LogP contribution is -2.16. The number of hydrogen-bond acceptors (Lipinski definition) is 4. The minimum absolute atomic E-state index is 0.232. The Morgan fingerprint density at radius 3 is 2.82 bits per heavy atom. The van der Waals surface area contributed by atoms with Crippen molar-refractivity contribution in [3.8, 4) is 0 Å². The highest BCUT2D eigenvalue weighted by atomic mass is 35.5. The summed E-state index contributed by atoms with van der Waals surface area (Å²) in [5.41, 5.74) is 0.658. The average molecular weight is 337 g/mol. The van der Waals surface area contributed by atoms with Crippen molar-refractivity contribution < 1.29 is 4.79 Å². The maximum absolute atomic E-state index is 12.3. The molecule has 1 aromatic carbocycles. The second-order valence-electron chi connectivity index (χ2n) is 4.43. The van der Waals surface area contributed by atoms with E-state index in [1.807, 2.05) is 0 Å². The molecule has 114 valence electrons. The van der Waals surface area contributed by atoms with Crippen LogP contribution in [-0.2, 0) is 0 Å². The fourth-order valence-corrected chi connectivity index (χ4v) is 2.07. The third-order valence-electron chi connectivity index (χ3n) is 2.67. The van der Waals surface area contributed by atoms with Crippen LogP contribution in [0.1, 0.15) is 16.3 Å². The van der Waals surface area contributed by atoms with Gasteiger partial charge in [0.05, 0.1) is 10.7 Å². The normalized spacial score (nSPS) is 10.1. The molecular formula is C15H14Cl2N4O. The van der Waals surface area contributed by atoms with E-state index in [-0.39, 0.29) is 5.69 Å². The monoisotopic (exact) mass is 336 g/mol. The molecule has 22 heavy (non-hydrogen) atoms. The average Bonchev–Trinajstić information content (AvgIpc) is 2.48. The van der Waals surface area contributed by atoms with Gasteiger partial charge in [-0.1, -0.05) is 29.3 Å². The molecule has 0 aliphatic heterocycles. The van der Waals surface area contributed by atoms with E-state index in [1.54, 1.807) is 37.3 Å². The Balaban J connectivity index is 2.23. The van der Waals surface area contributed by atoms with Gasteiger partial charge in [-0.3, -0.25) is 4.79 Å². The SMILES string of the molecule is C=CCNc1cc(C(=O)Nc2cc(Cl)ccc2Cl)nc(C)n1. The number of rotatable bonds is 5. The maximum atomic E-state index is 12.3. The molecule has 0 bridgehead atoms. The van der Waals surface area contributed by atoms with Gasteiger partial charge in [-0.25, -0.2) is 9.97 Å². The molecule has 0 saturated carbocycles. The van der Waals surface area contributed by atoms with E-state index in [1.165, 1.54) is 0 Å². The van der Waals surface area contributed by atoms with E-state index in [2.05, 4.69) is 27.2 Å². The molecule has 0 fully saturated rings. The molecule has 0 atom stereocenters. The van der Waals surface area contributed by atoms with E-state index in [0.29, 0.717) is 33.9 Å². The lowest BCUT2D eigenvalue weighted by molar-refractivity contribution is 0.102. The van der Waals surface area contributed by atoms with Gasteiger partial charge in [-0.05, 0) is 25.1 Å². The van der Waals surface area contributed by atoms with Crippen molar-refractivity contribution in [2.24, 2.45) is 0 Å². The van der Waals surface area contributed by atoms with Gasteiger partial charge in [0.25, 0.3) is 5.91 Å². The minimum Gasteiger partial charge on any atom is -0.366 e. The third kappa shape index (κ3) is 4.19. The highest BCUT2D eigenvalue weighted by Gasteiger charge is 2.12. The van der Waals surface area contributed by atoms with Crippen LogP contribution in [0.15, 0.2) is 36.9 Å². The van der Waals surface area contributed by atoms with E-state index in [4.69, 9.17) is 23.2 Å². The summed E-state index contributed by atoms with van der Waals surface area (Å²) >= 11 is 11.9. The number of nitrogens with one attached hydrogen (secondary N) is 2. The van der Waals surface area contributed by atoms with Gasteiger partial charge in [0.2, 0.25) is 0 Å². The summed E-state index contributed by atoms with van der Waals surface area (Å²) in [6.07, 6.45) is 1.70. The summed E-state index contributed by atoms with van der Waals surface area (Å²) in [5, 5.41) is 6.58. The molecule has 1 aromatic heterocycles. The van der Waals surface area contributed by atoms with Gasteiger partial charge in [-0.2, -0.15) is 0 Å². The van der Waals surface area contributed by atoms with Gasteiger partial charge >= 0.3 is 0 Å². The first kappa shape index (κ1) is 16.3. The van der Waals surface area contributed by atoms with Crippen LogP contribution >= 0.6 is 23.2 Å². The first-order valence-corrected chi connectivity index (χ1v) is 7.22. The number of carbonyl (C=O) groups is 1. The van der Waals surface area contributed by atoms with Crippen molar-refractivity contribution in [2.75, 3.05) is 17.2 Å². The number of benzene rings is 1. The first-order valence-electron chi connectivity index (χ1n) is 6.46. The first-order chi connectivity index (χ1) is 10.5. The zero-order valence-electron chi connectivity index (χ0n) is 11.9. The molecule has 2 rings (SSSR count). The second-order valence-corrected chi connectivity index (χ2v) is 5.28. The quantitative estimate of drug-likeness (QED) is 0.811. The Bertz CT molecular complexity index is 719. The van der Waals surface area contributed by atoms with Crippen LogP contribution in [0.3, 0.4) is 0 Å². The Morgan fingerprint density at radius 2 is 2.09 bits per heavy atom. The second kappa shape index (κ2) is 7.24. The van der Waals surface area contributed by atoms with Crippen molar-refractivity contribution in [1.82, 2.24) is 9.97 Å². The largest absolute Gasteiger partial charge is 0.366 e. The van der Waals surface area contributed by atoms with Crippen molar-refractivity contribution in [2.45, 2.75) is 6.92 Å². The highest BCUT2D eigenvalue weighted by molar-refractivity contribution is 6.35. The molecule has 0 unspecified atom stereocenters. The summed E-state index contributed by atoms with van der Waals surface area (Å²) in [5.74, 6) is 0.641. The smallest absolute Gasteiger partial charge is 0.274 e. The van der Waals surface area contributed by atoms with Gasteiger partial charge in [0.15, 0.2) is 0 Å². The highest BCUT2D eigenvalue weighted by Crippen LogP contribution is 2.25. The number of nitrogens with zero attached hydrogens (tertiary/aromatic N) is 2. The molecule has 0 radical (unpaired) electrons. The van der Waals surface area contributed by atoms with Crippen LogP contribution in [-0.4, -0.2) is 22.4 Å². The lowest BCUT2D eigenvalue weighted by Gasteiger charge is -2.09.